The van der Waals surface area contributed by atoms with Gasteiger partial charge in [-0.15, -0.1) is 0 Å². The van der Waals surface area contributed by atoms with Crippen molar-refractivity contribution in [3.63, 3.8) is 0 Å². The normalized spacial score (nSPS) is 10.7. The van der Waals surface area contributed by atoms with Crippen LogP contribution < -0.4 is 0 Å². The van der Waals surface area contributed by atoms with E-state index in [1.165, 1.54) is 12.1 Å². The van der Waals surface area contributed by atoms with E-state index < -0.39 is 0 Å². The van der Waals surface area contributed by atoms with Crippen LogP contribution in [0.25, 0.3) is 16.8 Å². The van der Waals surface area contributed by atoms with Crippen LogP contribution in [0.3, 0.4) is 0 Å². The number of fused-ring (bicyclic) bond motifs is 1. The van der Waals surface area contributed by atoms with E-state index in [4.69, 9.17) is 23.2 Å². The van der Waals surface area contributed by atoms with Crippen LogP contribution in [-0.2, 0) is 0 Å². The van der Waals surface area contributed by atoms with E-state index in [1.54, 1.807) is 29.1 Å². The number of aromatic nitrogens is 2. The molecule has 0 atom stereocenters. The maximum atomic E-state index is 9.41. The number of hydrogen-bond donors (Lipinski definition) is 1. The van der Waals surface area contributed by atoms with Gasteiger partial charge in [-0.05, 0) is 18.2 Å². The molecule has 0 aliphatic rings. The third-order valence-corrected chi connectivity index (χ3v) is 3.65. The molecule has 3 rings (SSSR count). The lowest BCUT2D eigenvalue weighted by molar-refractivity contribution is 0.475. The second-order valence-electron chi connectivity index (χ2n) is 4.17. The Kier molecular flexibility index (Phi) is 3.01. The zero-order valence-corrected chi connectivity index (χ0v) is 11.5. The van der Waals surface area contributed by atoms with Gasteiger partial charge in [-0.3, -0.25) is 0 Å². The summed E-state index contributed by atoms with van der Waals surface area (Å²) in [5.74, 6) is 0.0621. The first-order valence-electron chi connectivity index (χ1n) is 5.66. The van der Waals surface area contributed by atoms with Gasteiger partial charge in [0.2, 0.25) is 0 Å². The Morgan fingerprint density at radius 1 is 1.25 bits per heavy atom. The number of halogens is 2. The Labute approximate surface area is 124 Å². The Balaban J connectivity index is 2.38. The molecule has 1 N–H and O–H groups in total. The number of rotatable bonds is 1. The summed E-state index contributed by atoms with van der Waals surface area (Å²) in [5.41, 5.74) is 2.03. The minimum absolute atomic E-state index is 0.0621. The molecule has 98 valence electrons. The SMILES string of the molecule is N#Cc1c(-c2ccc(O)cc2Cl)cn2ccnc2c1Cl. The van der Waals surface area contributed by atoms with Crippen molar-refractivity contribution in [2.45, 2.75) is 0 Å². The summed E-state index contributed by atoms with van der Waals surface area (Å²) < 4.78 is 1.72. The van der Waals surface area contributed by atoms with E-state index in [0.717, 1.165) is 0 Å². The van der Waals surface area contributed by atoms with Crippen molar-refractivity contribution in [3.8, 4) is 22.9 Å². The Morgan fingerprint density at radius 3 is 2.75 bits per heavy atom. The number of hydrogen-bond acceptors (Lipinski definition) is 3. The average Bonchev–Trinajstić information content (AvgIpc) is 2.87. The van der Waals surface area contributed by atoms with Crippen molar-refractivity contribution >= 4 is 28.8 Å². The van der Waals surface area contributed by atoms with Gasteiger partial charge in [-0.25, -0.2) is 4.98 Å². The van der Waals surface area contributed by atoms with E-state index >= 15 is 0 Å². The van der Waals surface area contributed by atoms with Gasteiger partial charge in [-0.1, -0.05) is 23.2 Å². The maximum absolute atomic E-state index is 9.41. The van der Waals surface area contributed by atoms with Gasteiger partial charge < -0.3 is 9.51 Å². The summed E-state index contributed by atoms with van der Waals surface area (Å²) in [6.45, 7) is 0. The van der Waals surface area contributed by atoms with Crippen molar-refractivity contribution < 1.29 is 5.11 Å². The third kappa shape index (κ3) is 1.88. The summed E-state index contributed by atoms with van der Waals surface area (Å²) in [6.07, 6.45) is 5.08. The maximum Gasteiger partial charge on any atom is 0.156 e. The Bertz CT molecular complexity index is 865. The number of imidazole rings is 1. The molecule has 0 aliphatic heterocycles. The van der Waals surface area contributed by atoms with Crippen molar-refractivity contribution in [3.05, 3.63) is 52.4 Å². The fourth-order valence-electron chi connectivity index (χ4n) is 2.06. The zero-order valence-electron chi connectivity index (χ0n) is 10.0. The van der Waals surface area contributed by atoms with E-state index in [2.05, 4.69) is 11.1 Å². The predicted molar refractivity (Wildman–Crippen MR) is 77.0 cm³/mol. The van der Waals surface area contributed by atoms with Crippen LogP contribution in [-0.4, -0.2) is 14.5 Å². The topological polar surface area (TPSA) is 61.3 Å². The van der Waals surface area contributed by atoms with E-state index in [9.17, 15) is 10.4 Å². The highest BCUT2D eigenvalue weighted by Gasteiger charge is 2.16. The fourth-order valence-corrected chi connectivity index (χ4v) is 2.62. The first-order chi connectivity index (χ1) is 9.61. The summed E-state index contributed by atoms with van der Waals surface area (Å²) in [4.78, 5) is 4.11. The number of pyridine rings is 1. The number of nitriles is 1. The van der Waals surface area contributed by atoms with Crippen LogP contribution in [0.2, 0.25) is 10.0 Å². The lowest BCUT2D eigenvalue weighted by Crippen LogP contribution is -1.94. The molecular formula is C14H7Cl2N3O. The summed E-state index contributed by atoms with van der Waals surface area (Å²) in [6, 6.07) is 6.65. The molecule has 0 radical (unpaired) electrons. The van der Waals surface area contributed by atoms with Crippen molar-refractivity contribution in [2.75, 3.05) is 0 Å². The van der Waals surface area contributed by atoms with Crippen LogP contribution in [0.15, 0.2) is 36.8 Å². The molecule has 0 saturated heterocycles. The smallest absolute Gasteiger partial charge is 0.156 e. The van der Waals surface area contributed by atoms with Gasteiger partial charge in [0.15, 0.2) is 5.65 Å². The second kappa shape index (κ2) is 4.71. The highest BCUT2D eigenvalue weighted by molar-refractivity contribution is 6.36. The lowest BCUT2D eigenvalue weighted by Gasteiger charge is -2.10. The number of nitrogens with zero attached hydrogens (tertiary/aromatic N) is 3. The minimum Gasteiger partial charge on any atom is -0.508 e. The molecule has 6 heteroatoms. The van der Waals surface area contributed by atoms with Gasteiger partial charge in [0.05, 0.1) is 10.6 Å². The summed E-state index contributed by atoms with van der Waals surface area (Å²) in [5, 5.41) is 19.4. The van der Waals surface area contributed by atoms with Crippen molar-refractivity contribution in [1.82, 2.24) is 9.38 Å². The van der Waals surface area contributed by atoms with E-state index in [0.29, 0.717) is 27.4 Å². The highest BCUT2D eigenvalue weighted by Crippen LogP contribution is 2.36. The van der Waals surface area contributed by atoms with Crippen LogP contribution in [0.5, 0.6) is 5.75 Å². The molecule has 2 aromatic heterocycles. The predicted octanol–water partition coefficient (Wildman–Crippen LogP) is 3.89. The Hall–Kier alpha value is -2.22. The minimum atomic E-state index is 0.0621. The van der Waals surface area contributed by atoms with Gasteiger partial charge >= 0.3 is 0 Å². The first-order valence-corrected chi connectivity index (χ1v) is 6.41. The molecule has 0 spiro atoms. The molecule has 0 amide bonds. The molecule has 3 aromatic rings. The van der Waals surface area contributed by atoms with Crippen LogP contribution in [0.4, 0.5) is 0 Å². The fraction of sp³-hybridized carbons (Fsp3) is 0. The van der Waals surface area contributed by atoms with Crippen molar-refractivity contribution in [2.24, 2.45) is 0 Å². The van der Waals surface area contributed by atoms with Gasteiger partial charge in [0.25, 0.3) is 0 Å². The number of benzene rings is 1. The number of phenols is 1. The summed E-state index contributed by atoms with van der Waals surface area (Å²) in [7, 11) is 0. The largest absolute Gasteiger partial charge is 0.508 e. The lowest BCUT2D eigenvalue weighted by atomic mass is 10.0. The molecule has 1 aromatic carbocycles. The van der Waals surface area contributed by atoms with E-state index in [1.807, 2.05) is 0 Å². The summed E-state index contributed by atoms with van der Waals surface area (Å²) >= 11 is 12.4. The second-order valence-corrected chi connectivity index (χ2v) is 4.95. The first kappa shape index (κ1) is 12.8. The number of aromatic hydroxyl groups is 1. The van der Waals surface area contributed by atoms with E-state index in [-0.39, 0.29) is 10.8 Å². The molecule has 0 saturated carbocycles. The molecule has 0 bridgehead atoms. The van der Waals surface area contributed by atoms with Crippen LogP contribution in [0, 0.1) is 11.3 Å². The monoisotopic (exact) mass is 303 g/mol. The van der Waals surface area contributed by atoms with Crippen LogP contribution >= 0.6 is 23.2 Å². The third-order valence-electron chi connectivity index (χ3n) is 2.98. The van der Waals surface area contributed by atoms with Crippen molar-refractivity contribution in [1.29, 1.82) is 5.26 Å². The molecule has 0 fully saturated rings. The van der Waals surface area contributed by atoms with Crippen LogP contribution in [0.1, 0.15) is 5.56 Å². The van der Waals surface area contributed by atoms with Gasteiger partial charge in [0, 0.05) is 29.7 Å². The highest BCUT2D eigenvalue weighted by atomic mass is 35.5. The van der Waals surface area contributed by atoms with Gasteiger partial charge in [-0.2, -0.15) is 5.26 Å². The molecule has 4 nitrogen and oxygen atoms in total. The zero-order chi connectivity index (χ0) is 14.3. The molecule has 0 aliphatic carbocycles. The molecule has 0 unspecified atom stereocenters. The van der Waals surface area contributed by atoms with Gasteiger partial charge in [0.1, 0.15) is 16.8 Å². The molecule has 2 heterocycles. The quantitative estimate of drug-likeness (QED) is 0.742. The Morgan fingerprint density at radius 2 is 2.05 bits per heavy atom. The molecular weight excluding hydrogens is 297 g/mol. The average molecular weight is 304 g/mol. The molecule has 20 heavy (non-hydrogen) atoms. The standard InChI is InChI=1S/C14H7Cl2N3O/c15-12-5-8(20)1-2-9(12)11-7-19-4-3-18-14(19)13(16)10(11)6-17/h1-5,7,20H. The number of phenolic OH excluding ortho intramolecular Hbond substituents is 1.